The fourth-order valence-corrected chi connectivity index (χ4v) is 2.21. The van der Waals surface area contributed by atoms with E-state index in [9.17, 15) is 4.79 Å². The molecule has 1 aliphatic heterocycles. The average Bonchev–Trinajstić information content (AvgIpc) is 2.24. The van der Waals surface area contributed by atoms with Crippen molar-refractivity contribution in [3.8, 4) is 0 Å². The van der Waals surface area contributed by atoms with Gasteiger partial charge in [0.1, 0.15) is 0 Å². The third kappa shape index (κ3) is 0.883. The molecule has 0 spiro atoms. The maximum atomic E-state index is 11.5. The van der Waals surface area contributed by atoms with Crippen LogP contribution in [0.2, 0.25) is 0 Å². The first kappa shape index (κ1) is 7.14. The molecule has 3 atom stereocenters. The number of nitrogens with zero attached hydrogens (tertiary/aromatic N) is 1. The van der Waals surface area contributed by atoms with E-state index >= 15 is 0 Å². The molecule has 0 N–H and O–H groups in total. The second-order valence-electron chi connectivity index (χ2n) is 3.81. The summed E-state index contributed by atoms with van der Waals surface area (Å²) in [6.07, 6.45) is 4.47. The van der Waals surface area contributed by atoms with Crippen LogP contribution in [0.5, 0.6) is 0 Å². The zero-order valence-electron chi connectivity index (χ0n) is 7.08. The molecule has 1 amide bonds. The van der Waals surface area contributed by atoms with Crippen molar-refractivity contribution in [3.05, 3.63) is 6.42 Å². The lowest BCUT2D eigenvalue weighted by Gasteiger charge is -2.23. The molecule has 1 aliphatic carbocycles. The highest BCUT2D eigenvalue weighted by molar-refractivity contribution is 5.82. The SMILES string of the molecule is C[C@H]1C[CH][C@@H]2C[C@@H]1C(=O)N2C. The first-order chi connectivity index (χ1) is 5.20. The van der Waals surface area contributed by atoms with E-state index in [4.69, 9.17) is 0 Å². The van der Waals surface area contributed by atoms with E-state index < -0.39 is 0 Å². The Morgan fingerprint density at radius 2 is 2.36 bits per heavy atom. The van der Waals surface area contributed by atoms with Crippen molar-refractivity contribution < 1.29 is 4.79 Å². The van der Waals surface area contributed by atoms with Crippen LogP contribution in [-0.4, -0.2) is 23.9 Å². The molecule has 2 aliphatic rings. The Balaban J connectivity index is 2.22. The Hall–Kier alpha value is -0.530. The second kappa shape index (κ2) is 2.23. The first-order valence-corrected chi connectivity index (χ1v) is 4.30. The molecule has 2 heteroatoms. The smallest absolute Gasteiger partial charge is 0.226 e. The third-order valence-electron chi connectivity index (χ3n) is 3.12. The van der Waals surface area contributed by atoms with Crippen LogP contribution in [0.3, 0.4) is 0 Å². The zero-order valence-corrected chi connectivity index (χ0v) is 7.08. The molecule has 1 heterocycles. The monoisotopic (exact) mass is 152 g/mol. The van der Waals surface area contributed by atoms with Crippen LogP contribution >= 0.6 is 0 Å². The Kier molecular flexibility index (Phi) is 1.44. The van der Waals surface area contributed by atoms with Gasteiger partial charge in [0, 0.05) is 19.0 Å². The minimum absolute atomic E-state index is 0.329. The van der Waals surface area contributed by atoms with Crippen molar-refractivity contribution in [3.63, 3.8) is 0 Å². The quantitative estimate of drug-likeness (QED) is 0.508. The minimum atomic E-state index is 0.329. The summed E-state index contributed by atoms with van der Waals surface area (Å²) < 4.78 is 0. The van der Waals surface area contributed by atoms with Gasteiger partial charge < -0.3 is 4.90 Å². The molecule has 0 aromatic heterocycles. The highest BCUT2D eigenvalue weighted by Gasteiger charge is 2.43. The summed E-state index contributed by atoms with van der Waals surface area (Å²) in [4.78, 5) is 13.4. The van der Waals surface area contributed by atoms with Gasteiger partial charge in [-0.25, -0.2) is 0 Å². The summed E-state index contributed by atoms with van der Waals surface area (Å²) in [5.41, 5.74) is 0. The van der Waals surface area contributed by atoms with Gasteiger partial charge in [-0.2, -0.15) is 0 Å². The summed E-state index contributed by atoms with van der Waals surface area (Å²) in [6.45, 7) is 2.18. The molecule has 2 bridgehead atoms. The fourth-order valence-electron chi connectivity index (χ4n) is 2.21. The Morgan fingerprint density at radius 3 is 3.00 bits per heavy atom. The summed E-state index contributed by atoms with van der Waals surface area (Å²) in [5, 5.41) is 0. The van der Waals surface area contributed by atoms with E-state index in [1.807, 2.05) is 11.9 Å². The van der Waals surface area contributed by atoms with Crippen molar-refractivity contribution in [2.24, 2.45) is 11.8 Å². The largest absolute Gasteiger partial charge is 0.342 e. The molecule has 1 saturated carbocycles. The molecule has 1 radical (unpaired) electrons. The van der Waals surface area contributed by atoms with Crippen molar-refractivity contribution in [2.45, 2.75) is 25.8 Å². The maximum Gasteiger partial charge on any atom is 0.226 e. The Labute approximate surface area is 67.6 Å². The maximum absolute atomic E-state index is 11.5. The fraction of sp³-hybridized carbons (Fsp3) is 0.778. The van der Waals surface area contributed by atoms with E-state index in [1.54, 1.807) is 0 Å². The minimum Gasteiger partial charge on any atom is -0.342 e. The molecule has 2 fully saturated rings. The number of hydrogen-bond donors (Lipinski definition) is 0. The number of carbonyl (C=O) groups excluding carboxylic acids is 1. The lowest BCUT2D eigenvalue weighted by molar-refractivity contribution is -0.131. The topological polar surface area (TPSA) is 20.3 Å². The van der Waals surface area contributed by atoms with Gasteiger partial charge in [0.15, 0.2) is 0 Å². The van der Waals surface area contributed by atoms with Crippen molar-refractivity contribution in [1.29, 1.82) is 0 Å². The number of fused-ring (bicyclic) bond motifs is 2. The van der Waals surface area contributed by atoms with E-state index in [0.29, 0.717) is 23.8 Å². The van der Waals surface area contributed by atoms with Gasteiger partial charge in [-0.15, -0.1) is 0 Å². The molecule has 0 unspecified atom stereocenters. The number of carbonyl (C=O) groups is 1. The highest BCUT2D eigenvalue weighted by atomic mass is 16.2. The Bertz CT molecular complexity index is 190. The first-order valence-electron chi connectivity index (χ1n) is 4.30. The molecule has 11 heavy (non-hydrogen) atoms. The molecule has 2 rings (SSSR count). The van der Waals surface area contributed by atoms with E-state index in [2.05, 4.69) is 13.3 Å². The number of likely N-dealkylation sites (tertiary alicyclic amines) is 1. The van der Waals surface area contributed by atoms with Gasteiger partial charge in [-0.05, 0) is 25.2 Å². The van der Waals surface area contributed by atoms with Crippen LogP contribution in [0.25, 0.3) is 0 Å². The molecule has 61 valence electrons. The molecule has 0 aromatic carbocycles. The van der Waals surface area contributed by atoms with Gasteiger partial charge in [0.2, 0.25) is 5.91 Å². The van der Waals surface area contributed by atoms with Crippen molar-refractivity contribution in [1.82, 2.24) is 4.90 Å². The predicted molar refractivity (Wildman–Crippen MR) is 42.7 cm³/mol. The molecule has 1 saturated heterocycles. The molecule has 2 nitrogen and oxygen atoms in total. The third-order valence-corrected chi connectivity index (χ3v) is 3.12. The molecular weight excluding hydrogens is 138 g/mol. The van der Waals surface area contributed by atoms with Crippen molar-refractivity contribution >= 4 is 5.91 Å². The Morgan fingerprint density at radius 1 is 1.64 bits per heavy atom. The lowest BCUT2D eigenvalue weighted by atomic mass is 9.81. The number of rotatable bonds is 0. The van der Waals surface area contributed by atoms with Gasteiger partial charge in [0.25, 0.3) is 0 Å². The standard InChI is InChI=1S/C9H14NO/c1-6-3-4-7-5-8(6)9(11)10(7)2/h4,6-8H,3,5H2,1-2H3/t6-,7+,8-/m0/s1. The van der Waals surface area contributed by atoms with Gasteiger partial charge in [-0.1, -0.05) is 6.92 Å². The van der Waals surface area contributed by atoms with Gasteiger partial charge in [-0.3, -0.25) is 4.79 Å². The van der Waals surface area contributed by atoms with Crippen LogP contribution < -0.4 is 0 Å². The van der Waals surface area contributed by atoms with Crippen LogP contribution in [0.4, 0.5) is 0 Å². The highest BCUT2D eigenvalue weighted by Crippen LogP contribution is 2.38. The lowest BCUT2D eigenvalue weighted by Crippen LogP contribution is -2.28. The summed E-state index contributed by atoms with van der Waals surface area (Å²) >= 11 is 0. The van der Waals surface area contributed by atoms with Crippen molar-refractivity contribution in [2.75, 3.05) is 7.05 Å². The molecular formula is C9H14NO. The van der Waals surface area contributed by atoms with E-state index in [0.717, 1.165) is 12.8 Å². The van der Waals surface area contributed by atoms with Gasteiger partial charge >= 0.3 is 0 Å². The molecule has 0 aromatic rings. The zero-order chi connectivity index (χ0) is 8.01. The van der Waals surface area contributed by atoms with E-state index in [1.165, 1.54) is 0 Å². The normalized spacial score (nSPS) is 43.3. The summed E-state index contributed by atoms with van der Waals surface area (Å²) in [6, 6.07) is 0.448. The average molecular weight is 152 g/mol. The number of hydrogen-bond acceptors (Lipinski definition) is 1. The van der Waals surface area contributed by atoms with Gasteiger partial charge in [0.05, 0.1) is 0 Å². The summed E-state index contributed by atoms with van der Waals surface area (Å²) in [7, 11) is 1.92. The van der Waals surface area contributed by atoms with Crippen LogP contribution in [0.1, 0.15) is 19.8 Å². The van der Waals surface area contributed by atoms with Crippen LogP contribution in [-0.2, 0) is 4.79 Å². The second-order valence-corrected chi connectivity index (χ2v) is 3.81. The summed E-state index contributed by atoms with van der Waals surface area (Å²) in [5.74, 6) is 1.26. The van der Waals surface area contributed by atoms with Crippen LogP contribution in [0, 0.1) is 18.3 Å². The van der Waals surface area contributed by atoms with E-state index in [-0.39, 0.29) is 0 Å². The number of amides is 1. The predicted octanol–water partition coefficient (Wildman–Crippen LogP) is 1.08. The van der Waals surface area contributed by atoms with Crippen LogP contribution in [0.15, 0.2) is 0 Å².